The molecule has 3 aromatic rings. The SMILES string of the molecule is COc1ccc(OC)c(CC(CN)c2nc3ccccc3n2C)c1. The topological polar surface area (TPSA) is 62.3 Å². The number of benzene rings is 2. The molecule has 3 rings (SSSR count). The number of ether oxygens (including phenoxy) is 2. The number of nitrogens with two attached hydrogens (primary N) is 1. The number of fused-ring (bicyclic) bond motifs is 1. The van der Waals surface area contributed by atoms with Crippen LogP contribution < -0.4 is 15.2 Å². The lowest BCUT2D eigenvalue weighted by atomic mass is 9.97. The Bertz CT molecular complexity index is 842. The molecule has 0 saturated carbocycles. The van der Waals surface area contributed by atoms with Crippen LogP contribution in [0.1, 0.15) is 17.3 Å². The van der Waals surface area contributed by atoms with Crippen molar-refractivity contribution < 1.29 is 9.47 Å². The van der Waals surface area contributed by atoms with E-state index in [1.165, 1.54) is 0 Å². The number of aromatic nitrogens is 2. The second-order valence-electron chi connectivity index (χ2n) is 5.83. The zero-order valence-electron chi connectivity index (χ0n) is 14.3. The van der Waals surface area contributed by atoms with Crippen LogP contribution in [0.4, 0.5) is 0 Å². The van der Waals surface area contributed by atoms with Gasteiger partial charge in [-0.25, -0.2) is 4.98 Å². The van der Waals surface area contributed by atoms with E-state index in [1.54, 1.807) is 14.2 Å². The summed E-state index contributed by atoms with van der Waals surface area (Å²) in [6.45, 7) is 0.511. The Kier molecular flexibility index (Phi) is 4.71. The van der Waals surface area contributed by atoms with Gasteiger partial charge < -0.3 is 19.8 Å². The number of hydrogen-bond acceptors (Lipinski definition) is 4. The Morgan fingerprint density at radius 3 is 2.58 bits per heavy atom. The fraction of sp³-hybridized carbons (Fsp3) is 0.316. The highest BCUT2D eigenvalue weighted by Crippen LogP contribution is 2.30. The molecule has 0 radical (unpaired) electrons. The zero-order valence-corrected chi connectivity index (χ0v) is 14.3. The van der Waals surface area contributed by atoms with Gasteiger partial charge in [0.05, 0.1) is 25.3 Å². The zero-order chi connectivity index (χ0) is 17.1. The van der Waals surface area contributed by atoms with Gasteiger partial charge in [-0.1, -0.05) is 12.1 Å². The van der Waals surface area contributed by atoms with Gasteiger partial charge in [0.15, 0.2) is 0 Å². The third-order valence-corrected chi connectivity index (χ3v) is 4.43. The summed E-state index contributed by atoms with van der Waals surface area (Å²) in [4.78, 5) is 4.79. The summed E-state index contributed by atoms with van der Waals surface area (Å²) in [7, 11) is 5.38. The molecule has 0 amide bonds. The van der Waals surface area contributed by atoms with Gasteiger partial charge in [-0.2, -0.15) is 0 Å². The highest BCUT2D eigenvalue weighted by molar-refractivity contribution is 5.75. The summed E-state index contributed by atoms with van der Waals surface area (Å²) in [6.07, 6.45) is 0.744. The third kappa shape index (κ3) is 2.95. The number of methoxy groups -OCH3 is 2. The van der Waals surface area contributed by atoms with Crippen LogP contribution in [-0.2, 0) is 13.5 Å². The molecule has 0 aliphatic carbocycles. The quantitative estimate of drug-likeness (QED) is 0.757. The molecule has 1 atom stereocenters. The standard InChI is InChI=1S/C19H23N3O2/c1-22-17-7-5-4-6-16(17)21-19(22)14(12-20)10-13-11-15(23-2)8-9-18(13)24-3/h4-9,11,14H,10,12,20H2,1-3H3. The van der Waals surface area contributed by atoms with Gasteiger partial charge in [0, 0.05) is 19.5 Å². The number of imidazole rings is 1. The second-order valence-corrected chi connectivity index (χ2v) is 5.83. The van der Waals surface area contributed by atoms with Gasteiger partial charge in [-0.15, -0.1) is 0 Å². The molecule has 2 aromatic carbocycles. The van der Waals surface area contributed by atoms with Crippen molar-refractivity contribution in [3.05, 3.63) is 53.9 Å². The molecule has 0 spiro atoms. The summed E-state index contributed by atoms with van der Waals surface area (Å²) in [5.74, 6) is 2.74. The molecule has 0 aliphatic rings. The van der Waals surface area contributed by atoms with Crippen molar-refractivity contribution in [3.63, 3.8) is 0 Å². The summed E-state index contributed by atoms with van der Waals surface area (Å²) in [6, 6.07) is 14.0. The Morgan fingerprint density at radius 1 is 1.12 bits per heavy atom. The van der Waals surface area contributed by atoms with Gasteiger partial charge in [0.2, 0.25) is 0 Å². The molecule has 1 heterocycles. The summed E-state index contributed by atoms with van der Waals surface area (Å²) in [5, 5.41) is 0. The number of para-hydroxylation sites is 2. The number of aryl methyl sites for hydroxylation is 1. The van der Waals surface area contributed by atoms with Gasteiger partial charge >= 0.3 is 0 Å². The first-order chi connectivity index (χ1) is 11.7. The van der Waals surface area contributed by atoms with Gasteiger partial charge in [-0.05, 0) is 42.3 Å². The molecule has 5 heteroatoms. The third-order valence-electron chi connectivity index (χ3n) is 4.43. The summed E-state index contributed by atoms with van der Waals surface area (Å²) in [5.41, 5.74) is 9.26. The normalized spacial score (nSPS) is 12.3. The molecule has 0 bridgehead atoms. The Balaban J connectivity index is 1.98. The predicted molar refractivity (Wildman–Crippen MR) is 95.8 cm³/mol. The average molecular weight is 325 g/mol. The van der Waals surface area contributed by atoms with Crippen molar-refractivity contribution in [1.82, 2.24) is 9.55 Å². The van der Waals surface area contributed by atoms with Crippen molar-refractivity contribution in [2.24, 2.45) is 12.8 Å². The summed E-state index contributed by atoms with van der Waals surface area (Å²) >= 11 is 0. The Hall–Kier alpha value is -2.53. The van der Waals surface area contributed by atoms with E-state index in [-0.39, 0.29) is 5.92 Å². The minimum absolute atomic E-state index is 0.100. The van der Waals surface area contributed by atoms with Crippen LogP contribution in [0.25, 0.3) is 11.0 Å². The van der Waals surface area contributed by atoms with Crippen molar-refractivity contribution in [3.8, 4) is 11.5 Å². The highest BCUT2D eigenvalue weighted by atomic mass is 16.5. The molecular formula is C19H23N3O2. The van der Waals surface area contributed by atoms with E-state index in [0.29, 0.717) is 6.54 Å². The number of nitrogens with zero attached hydrogens (tertiary/aromatic N) is 2. The van der Waals surface area contributed by atoms with E-state index in [0.717, 1.165) is 40.3 Å². The van der Waals surface area contributed by atoms with Crippen LogP contribution in [0.15, 0.2) is 42.5 Å². The monoisotopic (exact) mass is 325 g/mol. The van der Waals surface area contributed by atoms with Crippen LogP contribution in [0.2, 0.25) is 0 Å². The molecular weight excluding hydrogens is 302 g/mol. The van der Waals surface area contributed by atoms with E-state index in [4.69, 9.17) is 20.2 Å². The average Bonchev–Trinajstić information content (AvgIpc) is 2.96. The first-order valence-corrected chi connectivity index (χ1v) is 8.00. The maximum atomic E-state index is 6.08. The summed E-state index contributed by atoms with van der Waals surface area (Å²) < 4.78 is 13.0. The van der Waals surface area contributed by atoms with Crippen molar-refractivity contribution >= 4 is 11.0 Å². The van der Waals surface area contributed by atoms with Gasteiger partial charge in [-0.3, -0.25) is 0 Å². The lowest BCUT2D eigenvalue weighted by Crippen LogP contribution is -2.19. The van der Waals surface area contributed by atoms with Crippen LogP contribution >= 0.6 is 0 Å². The van der Waals surface area contributed by atoms with Crippen LogP contribution in [0, 0.1) is 0 Å². The first-order valence-electron chi connectivity index (χ1n) is 8.00. The minimum Gasteiger partial charge on any atom is -0.497 e. The van der Waals surface area contributed by atoms with Crippen LogP contribution in [-0.4, -0.2) is 30.3 Å². The van der Waals surface area contributed by atoms with E-state index in [2.05, 4.69) is 10.6 Å². The molecule has 1 unspecified atom stereocenters. The second kappa shape index (κ2) is 6.93. The maximum Gasteiger partial charge on any atom is 0.122 e. The predicted octanol–water partition coefficient (Wildman–Crippen LogP) is 2.88. The number of hydrogen-bond donors (Lipinski definition) is 1. The molecule has 0 saturated heterocycles. The van der Waals surface area contributed by atoms with Gasteiger partial charge in [0.1, 0.15) is 17.3 Å². The molecule has 126 valence electrons. The molecule has 0 aliphatic heterocycles. The van der Waals surface area contributed by atoms with E-state index < -0.39 is 0 Å². The van der Waals surface area contributed by atoms with Crippen molar-refractivity contribution in [2.75, 3.05) is 20.8 Å². The van der Waals surface area contributed by atoms with Gasteiger partial charge in [0.25, 0.3) is 0 Å². The Morgan fingerprint density at radius 2 is 1.92 bits per heavy atom. The van der Waals surface area contributed by atoms with E-state index in [9.17, 15) is 0 Å². The van der Waals surface area contributed by atoms with E-state index >= 15 is 0 Å². The molecule has 2 N–H and O–H groups in total. The lowest BCUT2D eigenvalue weighted by Gasteiger charge is -2.17. The fourth-order valence-electron chi connectivity index (χ4n) is 3.12. The van der Waals surface area contributed by atoms with Crippen LogP contribution in [0.3, 0.4) is 0 Å². The van der Waals surface area contributed by atoms with Crippen molar-refractivity contribution in [2.45, 2.75) is 12.3 Å². The van der Waals surface area contributed by atoms with E-state index in [1.807, 2.05) is 43.4 Å². The lowest BCUT2D eigenvalue weighted by molar-refractivity contribution is 0.397. The Labute approximate surface area is 142 Å². The molecule has 1 aromatic heterocycles. The first kappa shape index (κ1) is 16.3. The number of rotatable bonds is 6. The van der Waals surface area contributed by atoms with Crippen molar-refractivity contribution in [1.29, 1.82) is 0 Å². The molecule has 24 heavy (non-hydrogen) atoms. The maximum absolute atomic E-state index is 6.08. The smallest absolute Gasteiger partial charge is 0.122 e. The largest absolute Gasteiger partial charge is 0.497 e. The van der Waals surface area contributed by atoms with Crippen LogP contribution in [0.5, 0.6) is 11.5 Å². The molecule has 0 fully saturated rings. The molecule has 5 nitrogen and oxygen atoms in total. The minimum atomic E-state index is 0.100. The highest BCUT2D eigenvalue weighted by Gasteiger charge is 2.20. The fourth-order valence-corrected chi connectivity index (χ4v) is 3.12.